The van der Waals surface area contributed by atoms with E-state index in [1.165, 1.54) is 19.3 Å². The molecule has 0 radical (unpaired) electrons. The quantitative estimate of drug-likeness (QED) is 0.433. The highest BCUT2D eigenvalue weighted by molar-refractivity contribution is 7.99. The second kappa shape index (κ2) is 11.4. The summed E-state index contributed by atoms with van der Waals surface area (Å²) in [6, 6.07) is -0.324. The summed E-state index contributed by atoms with van der Waals surface area (Å²) < 4.78 is 4.90. The molecule has 1 aliphatic rings. The van der Waals surface area contributed by atoms with Crippen LogP contribution in [0.15, 0.2) is 0 Å². The summed E-state index contributed by atoms with van der Waals surface area (Å²) >= 11 is 1.62. The molecule has 1 aliphatic carbocycles. The average molecular weight is 324 g/mol. The Morgan fingerprint density at radius 2 is 1.95 bits per heavy atom. The van der Waals surface area contributed by atoms with Gasteiger partial charge in [-0.2, -0.15) is 11.8 Å². The third-order valence-electron chi connectivity index (χ3n) is 3.49. The van der Waals surface area contributed by atoms with Crippen LogP contribution in [0.2, 0.25) is 0 Å². The van der Waals surface area contributed by atoms with E-state index in [2.05, 4.69) is 5.73 Å². The zero-order valence-corrected chi connectivity index (χ0v) is 13.8. The van der Waals surface area contributed by atoms with Gasteiger partial charge in [0.15, 0.2) is 6.04 Å². The molecular weight excluding hydrogens is 298 g/mol. The van der Waals surface area contributed by atoms with Crippen molar-refractivity contribution >= 4 is 23.5 Å². The number of esters is 1. The average Bonchev–Trinajstić information content (AvgIpc) is 2.44. The number of hydrogen-bond acceptors (Lipinski definition) is 4. The molecule has 0 aromatic rings. The molecule has 0 saturated heterocycles. The summed E-state index contributed by atoms with van der Waals surface area (Å²) in [5.74, 6) is 1.89. The third-order valence-corrected chi connectivity index (χ3v) is 4.62. The number of carbonyl (C=O) groups is 2. The van der Waals surface area contributed by atoms with Crippen LogP contribution in [0.1, 0.15) is 45.4 Å². The van der Waals surface area contributed by atoms with E-state index < -0.39 is 0 Å². The second-order valence-corrected chi connectivity index (χ2v) is 6.22. The van der Waals surface area contributed by atoms with Gasteiger partial charge in [-0.25, -0.2) is 4.79 Å². The van der Waals surface area contributed by atoms with Gasteiger partial charge in [-0.1, -0.05) is 19.3 Å². The van der Waals surface area contributed by atoms with Crippen LogP contribution in [0.25, 0.3) is 0 Å². The molecule has 0 bridgehead atoms. The number of hydrogen-bond donors (Lipinski definition) is 1. The van der Waals surface area contributed by atoms with Crippen molar-refractivity contribution in [3.05, 3.63) is 0 Å². The predicted octanol–water partition coefficient (Wildman–Crippen LogP) is -1.56. The first-order valence-electron chi connectivity index (χ1n) is 7.25. The SMILES string of the molecule is CCOC(=O)C([NH3+])CSCCC(=O)C1CCCCC1.[Cl-]. The van der Waals surface area contributed by atoms with Gasteiger partial charge in [0, 0.05) is 18.1 Å². The van der Waals surface area contributed by atoms with Crippen molar-refractivity contribution in [2.75, 3.05) is 18.1 Å². The molecule has 6 heteroatoms. The Hall–Kier alpha value is -0.260. The van der Waals surface area contributed by atoms with Crippen molar-refractivity contribution in [1.29, 1.82) is 0 Å². The highest BCUT2D eigenvalue weighted by Crippen LogP contribution is 2.25. The molecule has 1 rings (SSSR count). The van der Waals surface area contributed by atoms with Crippen molar-refractivity contribution < 1.29 is 32.5 Å². The van der Waals surface area contributed by atoms with Crippen LogP contribution in [-0.2, 0) is 14.3 Å². The van der Waals surface area contributed by atoms with Gasteiger partial charge in [0.1, 0.15) is 5.78 Å². The fraction of sp³-hybridized carbons (Fsp3) is 0.857. The van der Waals surface area contributed by atoms with Gasteiger partial charge in [-0.3, -0.25) is 4.79 Å². The molecule has 0 aromatic carbocycles. The van der Waals surface area contributed by atoms with E-state index in [4.69, 9.17) is 4.74 Å². The number of ether oxygens (including phenoxy) is 1. The summed E-state index contributed by atoms with van der Waals surface area (Å²) in [4.78, 5) is 23.3. The van der Waals surface area contributed by atoms with E-state index in [9.17, 15) is 9.59 Å². The minimum Gasteiger partial charge on any atom is -1.00 e. The highest BCUT2D eigenvalue weighted by atomic mass is 35.5. The maximum Gasteiger partial charge on any atom is 0.365 e. The Bertz CT molecular complexity index is 296. The summed E-state index contributed by atoms with van der Waals surface area (Å²) in [5.41, 5.74) is 3.78. The lowest BCUT2D eigenvalue weighted by atomic mass is 9.85. The molecule has 0 heterocycles. The van der Waals surface area contributed by atoms with Gasteiger partial charge in [-0.15, -0.1) is 0 Å². The third kappa shape index (κ3) is 7.50. The summed E-state index contributed by atoms with van der Waals surface area (Å²) in [5, 5.41) is 0. The molecular formula is C14H26ClNO3S. The molecule has 1 unspecified atom stereocenters. The van der Waals surface area contributed by atoms with Gasteiger partial charge in [-0.05, 0) is 19.8 Å². The summed E-state index contributed by atoms with van der Waals surface area (Å²) in [6.07, 6.45) is 6.46. The summed E-state index contributed by atoms with van der Waals surface area (Å²) in [6.45, 7) is 2.19. The van der Waals surface area contributed by atoms with E-state index >= 15 is 0 Å². The Kier molecular flexibility index (Phi) is 11.3. The first-order valence-corrected chi connectivity index (χ1v) is 8.40. The Labute approximate surface area is 132 Å². The zero-order valence-electron chi connectivity index (χ0n) is 12.2. The first kappa shape index (κ1) is 19.7. The predicted molar refractivity (Wildman–Crippen MR) is 76.8 cm³/mol. The van der Waals surface area contributed by atoms with Gasteiger partial charge in [0.25, 0.3) is 0 Å². The topological polar surface area (TPSA) is 71.0 Å². The molecule has 1 saturated carbocycles. The number of quaternary nitrogens is 1. The monoisotopic (exact) mass is 323 g/mol. The Morgan fingerprint density at radius 3 is 2.55 bits per heavy atom. The molecule has 1 fully saturated rings. The van der Waals surface area contributed by atoms with Gasteiger partial charge < -0.3 is 22.9 Å². The largest absolute Gasteiger partial charge is 1.00 e. The Balaban J connectivity index is 0.00000361. The lowest BCUT2D eigenvalue weighted by Gasteiger charge is -2.20. The molecule has 3 N–H and O–H groups in total. The van der Waals surface area contributed by atoms with Crippen LogP contribution < -0.4 is 18.1 Å². The molecule has 1 atom stereocenters. The van der Waals surface area contributed by atoms with Crippen LogP contribution in [0.4, 0.5) is 0 Å². The minimum absolute atomic E-state index is 0. The fourth-order valence-corrected chi connectivity index (χ4v) is 3.29. The van der Waals surface area contributed by atoms with Crippen molar-refractivity contribution in [2.24, 2.45) is 5.92 Å². The number of thioether (sulfide) groups is 1. The molecule has 0 aliphatic heterocycles. The molecule has 0 amide bonds. The van der Waals surface area contributed by atoms with E-state index in [-0.39, 0.29) is 24.4 Å². The van der Waals surface area contributed by atoms with E-state index in [0.29, 0.717) is 30.5 Å². The number of ketones is 1. The van der Waals surface area contributed by atoms with Crippen molar-refractivity contribution in [2.45, 2.75) is 51.5 Å². The van der Waals surface area contributed by atoms with E-state index in [1.54, 1.807) is 18.7 Å². The molecule has 20 heavy (non-hydrogen) atoms. The molecule has 0 spiro atoms. The van der Waals surface area contributed by atoms with Crippen molar-refractivity contribution in [3.8, 4) is 0 Å². The van der Waals surface area contributed by atoms with Crippen LogP contribution in [0.5, 0.6) is 0 Å². The van der Waals surface area contributed by atoms with Crippen LogP contribution in [-0.4, -0.2) is 35.9 Å². The smallest absolute Gasteiger partial charge is 0.365 e. The normalized spacial score (nSPS) is 17.1. The highest BCUT2D eigenvalue weighted by Gasteiger charge is 2.21. The van der Waals surface area contributed by atoms with Crippen molar-refractivity contribution in [1.82, 2.24) is 0 Å². The maximum absolute atomic E-state index is 12.0. The Morgan fingerprint density at radius 1 is 1.30 bits per heavy atom. The minimum atomic E-state index is -0.324. The first-order chi connectivity index (χ1) is 9.15. The molecule has 0 aromatic heterocycles. The number of halogens is 1. The molecule has 4 nitrogen and oxygen atoms in total. The van der Waals surface area contributed by atoms with Crippen LogP contribution in [0.3, 0.4) is 0 Å². The van der Waals surface area contributed by atoms with Gasteiger partial charge in [0.2, 0.25) is 0 Å². The van der Waals surface area contributed by atoms with Crippen molar-refractivity contribution in [3.63, 3.8) is 0 Å². The zero-order chi connectivity index (χ0) is 14.1. The lowest BCUT2D eigenvalue weighted by Crippen LogP contribution is -3.00. The fourth-order valence-electron chi connectivity index (χ4n) is 2.36. The molecule has 118 valence electrons. The van der Waals surface area contributed by atoms with Gasteiger partial charge in [0.05, 0.1) is 12.4 Å². The van der Waals surface area contributed by atoms with E-state index in [1.807, 2.05) is 0 Å². The second-order valence-electron chi connectivity index (χ2n) is 5.08. The summed E-state index contributed by atoms with van der Waals surface area (Å²) in [7, 11) is 0. The lowest BCUT2D eigenvalue weighted by molar-refractivity contribution is -0.401. The number of Topliss-reactive ketones (excluding diaryl/α,β-unsaturated/α-hetero) is 1. The van der Waals surface area contributed by atoms with Crippen LogP contribution in [0, 0.1) is 5.92 Å². The number of rotatable bonds is 8. The van der Waals surface area contributed by atoms with Crippen LogP contribution >= 0.6 is 11.8 Å². The van der Waals surface area contributed by atoms with E-state index in [0.717, 1.165) is 18.6 Å². The number of carbonyl (C=O) groups excluding carboxylic acids is 2. The standard InChI is InChI=1S/C14H25NO3S.ClH/c1-2-18-14(17)12(15)10-19-9-8-13(16)11-6-4-3-5-7-11;/h11-12H,2-10,15H2,1H3;1H. The maximum atomic E-state index is 12.0. The van der Waals surface area contributed by atoms with Gasteiger partial charge >= 0.3 is 5.97 Å².